The van der Waals surface area contributed by atoms with Crippen molar-refractivity contribution in [3.8, 4) is 22.8 Å². The second-order valence-electron chi connectivity index (χ2n) is 5.88. The molecule has 4 rings (SSSR count). The van der Waals surface area contributed by atoms with Gasteiger partial charge in [-0.25, -0.2) is 9.78 Å². The number of nitrogens with one attached hydrogen (secondary N) is 1. The first-order valence-corrected chi connectivity index (χ1v) is 9.24. The molecule has 2 aromatic carbocycles. The van der Waals surface area contributed by atoms with E-state index in [1.165, 1.54) is 11.3 Å². The summed E-state index contributed by atoms with van der Waals surface area (Å²) in [5, 5.41) is 14.1. The van der Waals surface area contributed by atoms with Crippen LogP contribution in [0.15, 0.2) is 76.5 Å². The normalized spacial score (nSPS) is 10.6. The standard InChI is InChI=1S/C21H14N2O4S/c24-19(16-7-4-12-28-16)22-15-10-8-13(9-11-15)18-17(21(25)26)23-20(27-18)14-5-2-1-3-6-14/h1-12H,(H,22,24)(H,25,26). The number of oxazole rings is 1. The Morgan fingerprint density at radius 2 is 1.68 bits per heavy atom. The van der Waals surface area contributed by atoms with Crippen molar-refractivity contribution in [1.82, 2.24) is 4.98 Å². The topological polar surface area (TPSA) is 92.4 Å². The predicted octanol–water partition coefficient (Wildman–Crippen LogP) is 5.02. The molecule has 0 aliphatic rings. The summed E-state index contributed by atoms with van der Waals surface area (Å²) in [6.07, 6.45) is 0. The van der Waals surface area contributed by atoms with Crippen LogP contribution in [0.1, 0.15) is 20.2 Å². The van der Waals surface area contributed by atoms with Crippen LogP contribution in [0.3, 0.4) is 0 Å². The number of anilines is 1. The lowest BCUT2D eigenvalue weighted by atomic mass is 10.1. The summed E-state index contributed by atoms with van der Waals surface area (Å²) in [5.74, 6) is -0.957. The van der Waals surface area contributed by atoms with E-state index in [9.17, 15) is 14.7 Å². The summed E-state index contributed by atoms with van der Waals surface area (Å²) >= 11 is 1.36. The SMILES string of the molecule is O=C(Nc1ccc(-c2oc(-c3ccccc3)nc2C(=O)O)cc1)c1cccs1. The average molecular weight is 390 g/mol. The molecule has 0 atom stereocenters. The Morgan fingerprint density at radius 1 is 0.929 bits per heavy atom. The minimum Gasteiger partial charge on any atom is -0.476 e. The van der Waals surface area contributed by atoms with Crippen molar-refractivity contribution in [2.24, 2.45) is 0 Å². The number of amides is 1. The monoisotopic (exact) mass is 390 g/mol. The van der Waals surface area contributed by atoms with Crippen LogP contribution in [0.25, 0.3) is 22.8 Å². The van der Waals surface area contributed by atoms with E-state index in [0.717, 1.165) is 0 Å². The number of carboxylic acids is 1. The average Bonchev–Trinajstić information content (AvgIpc) is 3.40. The quantitative estimate of drug-likeness (QED) is 0.499. The number of thiophene rings is 1. The molecular formula is C21H14N2O4S. The zero-order chi connectivity index (χ0) is 19.5. The fourth-order valence-corrected chi connectivity index (χ4v) is 3.29. The van der Waals surface area contributed by atoms with Crippen molar-refractivity contribution >= 4 is 28.9 Å². The molecule has 28 heavy (non-hydrogen) atoms. The number of nitrogens with zero attached hydrogens (tertiary/aromatic N) is 1. The third-order valence-corrected chi connectivity index (χ3v) is 4.87. The van der Waals surface area contributed by atoms with Gasteiger partial charge in [-0.05, 0) is 47.8 Å². The van der Waals surface area contributed by atoms with E-state index < -0.39 is 5.97 Å². The molecule has 0 aliphatic heterocycles. The van der Waals surface area contributed by atoms with Gasteiger partial charge >= 0.3 is 5.97 Å². The summed E-state index contributed by atoms with van der Waals surface area (Å²) in [4.78, 5) is 28.5. The fraction of sp³-hybridized carbons (Fsp3) is 0. The van der Waals surface area contributed by atoms with Crippen LogP contribution in [-0.2, 0) is 0 Å². The molecule has 0 unspecified atom stereocenters. The van der Waals surface area contributed by atoms with E-state index in [0.29, 0.717) is 21.7 Å². The number of hydrogen-bond donors (Lipinski definition) is 2. The maximum absolute atomic E-state index is 12.1. The Kier molecular flexibility index (Phi) is 4.74. The minimum absolute atomic E-state index is 0.158. The molecule has 2 N–H and O–H groups in total. The summed E-state index contributed by atoms with van der Waals surface area (Å²) in [7, 11) is 0. The molecule has 0 fully saturated rings. The first-order valence-electron chi connectivity index (χ1n) is 8.36. The van der Waals surface area contributed by atoms with Crippen molar-refractivity contribution in [1.29, 1.82) is 0 Å². The number of carbonyl (C=O) groups is 2. The number of aromatic nitrogens is 1. The van der Waals surface area contributed by atoms with E-state index in [-0.39, 0.29) is 23.3 Å². The molecule has 0 bridgehead atoms. The molecule has 0 saturated carbocycles. The number of carbonyl (C=O) groups excluding carboxylic acids is 1. The largest absolute Gasteiger partial charge is 0.476 e. The van der Waals surface area contributed by atoms with Crippen LogP contribution in [0.4, 0.5) is 5.69 Å². The highest BCUT2D eigenvalue weighted by Crippen LogP contribution is 2.30. The van der Waals surface area contributed by atoms with Gasteiger partial charge in [0.2, 0.25) is 5.89 Å². The van der Waals surface area contributed by atoms with Crippen LogP contribution < -0.4 is 5.32 Å². The molecule has 138 valence electrons. The maximum atomic E-state index is 12.1. The lowest BCUT2D eigenvalue weighted by Gasteiger charge is -2.05. The summed E-state index contributed by atoms with van der Waals surface area (Å²) in [6.45, 7) is 0. The van der Waals surface area contributed by atoms with Crippen LogP contribution in [-0.4, -0.2) is 22.0 Å². The van der Waals surface area contributed by atoms with Crippen LogP contribution in [0.5, 0.6) is 0 Å². The van der Waals surface area contributed by atoms with Gasteiger partial charge in [0.05, 0.1) is 4.88 Å². The van der Waals surface area contributed by atoms with E-state index in [1.807, 2.05) is 29.6 Å². The smallest absolute Gasteiger partial charge is 0.358 e. The Morgan fingerprint density at radius 3 is 2.32 bits per heavy atom. The second kappa shape index (κ2) is 7.50. The van der Waals surface area contributed by atoms with Gasteiger partial charge < -0.3 is 14.8 Å². The Bertz CT molecular complexity index is 1120. The van der Waals surface area contributed by atoms with Crippen LogP contribution in [0, 0.1) is 0 Å². The predicted molar refractivity (Wildman–Crippen MR) is 107 cm³/mol. The van der Waals surface area contributed by atoms with E-state index in [1.54, 1.807) is 42.5 Å². The number of rotatable bonds is 5. The summed E-state index contributed by atoms with van der Waals surface area (Å²) < 4.78 is 5.75. The summed E-state index contributed by atoms with van der Waals surface area (Å²) in [5.41, 5.74) is 1.69. The highest BCUT2D eigenvalue weighted by molar-refractivity contribution is 7.12. The van der Waals surface area contributed by atoms with Gasteiger partial charge in [-0.2, -0.15) is 0 Å². The van der Waals surface area contributed by atoms with Gasteiger partial charge in [0.15, 0.2) is 11.5 Å². The Hall–Kier alpha value is -3.71. The highest BCUT2D eigenvalue weighted by Gasteiger charge is 2.21. The third-order valence-electron chi connectivity index (χ3n) is 4.00. The molecule has 0 radical (unpaired) electrons. The van der Waals surface area contributed by atoms with Crippen molar-refractivity contribution in [3.63, 3.8) is 0 Å². The lowest BCUT2D eigenvalue weighted by molar-refractivity contribution is 0.0691. The summed E-state index contributed by atoms with van der Waals surface area (Å²) in [6, 6.07) is 19.4. The van der Waals surface area contributed by atoms with Crippen molar-refractivity contribution in [3.05, 3.63) is 82.7 Å². The van der Waals surface area contributed by atoms with Gasteiger partial charge in [-0.1, -0.05) is 24.3 Å². The third kappa shape index (κ3) is 3.56. The second-order valence-corrected chi connectivity index (χ2v) is 6.82. The Labute approximate surface area is 164 Å². The molecule has 7 heteroatoms. The molecule has 6 nitrogen and oxygen atoms in total. The van der Waals surface area contributed by atoms with Crippen molar-refractivity contribution in [2.75, 3.05) is 5.32 Å². The van der Waals surface area contributed by atoms with Crippen molar-refractivity contribution < 1.29 is 19.1 Å². The number of carboxylic acid groups (broad SMARTS) is 1. The fourth-order valence-electron chi connectivity index (χ4n) is 2.67. The molecular weight excluding hydrogens is 376 g/mol. The van der Waals surface area contributed by atoms with Crippen LogP contribution >= 0.6 is 11.3 Å². The number of aromatic carboxylic acids is 1. The molecule has 0 saturated heterocycles. The highest BCUT2D eigenvalue weighted by atomic mass is 32.1. The van der Waals surface area contributed by atoms with E-state index in [4.69, 9.17) is 4.42 Å². The van der Waals surface area contributed by atoms with Gasteiger partial charge in [-0.15, -0.1) is 11.3 Å². The van der Waals surface area contributed by atoms with Gasteiger partial charge in [0.1, 0.15) is 0 Å². The van der Waals surface area contributed by atoms with Crippen LogP contribution in [0.2, 0.25) is 0 Å². The van der Waals surface area contributed by atoms with Gasteiger partial charge in [-0.3, -0.25) is 4.79 Å². The first-order chi connectivity index (χ1) is 13.6. The van der Waals surface area contributed by atoms with Gasteiger partial charge in [0.25, 0.3) is 5.91 Å². The lowest BCUT2D eigenvalue weighted by Crippen LogP contribution is -2.09. The molecule has 4 aromatic rings. The van der Waals surface area contributed by atoms with Gasteiger partial charge in [0, 0.05) is 16.8 Å². The number of hydrogen-bond acceptors (Lipinski definition) is 5. The molecule has 1 amide bonds. The molecule has 0 spiro atoms. The molecule has 2 heterocycles. The van der Waals surface area contributed by atoms with Crippen molar-refractivity contribution in [2.45, 2.75) is 0 Å². The maximum Gasteiger partial charge on any atom is 0.358 e. The zero-order valence-electron chi connectivity index (χ0n) is 14.5. The molecule has 0 aliphatic carbocycles. The number of benzene rings is 2. The zero-order valence-corrected chi connectivity index (χ0v) is 15.3. The van der Waals surface area contributed by atoms with E-state index in [2.05, 4.69) is 10.3 Å². The Balaban J connectivity index is 1.62. The van der Waals surface area contributed by atoms with E-state index >= 15 is 0 Å². The minimum atomic E-state index is -1.17. The first kappa shape index (κ1) is 17.7. The molecule has 2 aromatic heterocycles.